The minimum Gasteiger partial charge on any atom is -0.465 e. The van der Waals surface area contributed by atoms with Crippen LogP contribution < -0.4 is 0 Å². The Labute approximate surface area is 128 Å². The lowest BCUT2D eigenvalue weighted by atomic mass is 10.0. The van der Waals surface area contributed by atoms with Gasteiger partial charge in [-0.15, -0.1) is 6.42 Å². The number of rotatable bonds is 11. The van der Waals surface area contributed by atoms with Gasteiger partial charge in [-0.25, -0.2) is 0 Å². The Bertz CT molecular complexity index is 343. The van der Waals surface area contributed by atoms with Crippen LogP contribution in [0.5, 0.6) is 0 Å². The molecule has 0 saturated carbocycles. The smallest absolute Gasteiger partial charge is 0.307 e. The first kappa shape index (κ1) is 19.5. The molecule has 0 heterocycles. The van der Waals surface area contributed by atoms with E-state index < -0.39 is 6.10 Å². The molecule has 0 aliphatic heterocycles. The monoisotopic (exact) mass is 296 g/mol. The van der Waals surface area contributed by atoms with Crippen LogP contribution in [0.1, 0.15) is 65.7 Å². The minimum absolute atomic E-state index is 0.189. The highest BCUT2D eigenvalue weighted by Crippen LogP contribution is 2.13. The predicted octanol–water partition coefficient (Wildman–Crippen LogP) is 3.48. The molecule has 0 aromatic rings. The van der Waals surface area contributed by atoms with Gasteiger partial charge < -0.3 is 9.47 Å². The van der Waals surface area contributed by atoms with Gasteiger partial charge in [-0.05, 0) is 25.7 Å². The molecular weight excluding hydrogens is 268 g/mol. The summed E-state index contributed by atoms with van der Waals surface area (Å²) in [7, 11) is 0. The molecule has 0 fully saturated rings. The van der Waals surface area contributed by atoms with Crippen LogP contribution in [0.4, 0.5) is 0 Å². The summed E-state index contributed by atoms with van der Waals surface area (Å²) < 4.78 is 10.2. The average Bonchev–Trinajstić information content (AvgIpc) is 2.47. The molecule has 0 N–H and O–H groups in total. The summed E-state index contributed by atoms with van der Waals surface area (Å²) in [5, 5.41) is 0. The van der Waals surface area contributed by atoms with Gasteiger partial charge in [0.05, 0.1) is 6.61 Å². The maximum atomic E-state index is 11.6. The molecule has 0 radical (unpaired) electrons. The number of hydrogen-bond acceptors (Lipinski definition) is 4. The van der Waals surface area contributed by atoms with Crippen molar-refractivity contribution in [2.45, 2.75) is 71.8 Å². The third-order valence-corrected chi connectivity index (χ3v) is 3.33. The highest BCUT2D eigenvalue weighted by atomic mass is 16.5. The van der Waals surface area contributed by atoms with E-state index in [2.05, 4.69) is 19.8 Å². The molecule has 4 heteroatoms. The standard InChI is InChI=1S/C17H28O4/c1-5-8-10-15(7-3)13-20-16(18)11-9-12-17(19)21-14(4)6-2/h2,14-15H,5,7-13H2,1,3-4H3. The van der Waals surface area contributed by atoms with Crippen molar-refractivity contribution in [1.29, 1.82) is 0 Å². The van der Waals surface area contributed by atoms with Crippen molar-refractivity contribution in [3.05, 3.63) is 0 Å². The van der Waals surface area contributed by atoms with Crippen molar-refractivity contribution < 1.29 is 19.1 Å². The number of unbranched alkanes of at least 4 members (excludes halogenated alkanes) is 1. The molecule has 2 unspecified atom stereocenters. The van der Waals surface area contributed by atoms with Crippen molar-refractivity contribution >= 4 is 11.9 Å². The Morgan fingerprint density at radius 3 is 2.38 bits per heavy atom. The third kappa shape index (κ3) is 10.9. The molecule has 0 saturated heterocycles. The van der Waals surface area contributed by atoms with Crippen LogP contribution in [-0.4, -0.2) is 24.6 Å². The fourth-order valence-corrected chi connectivity index (χ4v) is 1.85. The molecule has 0 aromatic carbocycles. The molecule has 0 rings (SSSR count). The van der Waals surface area contributed by atoms with E-state index >= 15 is 0 Å². The first-order valence-electron chi connectivity index (χ1n) is 7.84. The molecule has 0 bridgehead atoms. The summed E-state index contributed by atoms with van der Waals surface area (Å²) in [5.74, 6) is 2.14. The van der Waals surface area contributed by atoms with E-state index in [0.29, 0.717) is 18.9 Å². The summed E-state index contributed by atoms with van der Waals surface area (Å²) in [6.07, 6.45) is 9.88. The van der Waals surface area contributed by atoms with Crippen LogP contribution in [0.2, 0.25) is 0 Å². The van der Waals surface area contributed by atoms with Gasteiger partial charge in [0.15, 0.2) is 6.10 Å². The molecule has 0 amide bonds. The van der Waals surface area contributed by atoms with Gasteiger partial charge >= 0.3 is 11.9 Å². The molecule has 0 aliphatic carbocycles. The number of esters is 2. The van der Waals surface area contributed by atoms with Crippen LogP contribution in [0, 0.1) is 18.3 Å². The van der Waals surface area contributed by atoms with Crippen molar-refractivity contribution in [3.8, 4) is 12.3 Å². The molecular formula is C17H28O4. The SMILES string of the molecule is C#CC(C)OC(=O)CCCC(=O)OCC(CC)CCCC. The zero-order valence-electron chi connectivity index (χ0n) is 13.5. The van der Waals surface area contributed by atoms with E-state index in [1.807, 2.05) is 0 Å². The van der Waals surface area contributed by atoms with Crippen LogP contribution in [0.3, 0.4) is 0 Å². The van der Waals surface area contributed by atoms with Gasteiger partial charge in [0, 0.05) is 12.8 Å². The largest absolute Gasteiger partial charge is 0.465 e. The number of carbonyl (C=O) groups is 2. The molecule has 120 valence electrons. The second-order valence-corrected chi connectivity index (χ2v) is 5.25. The van der Waals surface area contributed by atoms with Gasteiger partial charge in [-0.3, -0.25) is 9.59 Å². The average molecular weight is 296 g/mol. The molecule has 0 aliphatic rings. The van der Waals surface area contributed by atoms with Crippen molar-refractivity contribution in [2.75, 3.05) is 6.61 Å². The molecule has 21 heavy (non-hydrogen) atoms. The summed E-state index contributed by atoms with van der Waals surface area (Å²) in [5.41, 5.74) is 0. The van der Waals surface area contributed by atoms with Gasteiger partial charge in [-0.2, -0.15) is 0 Å². The summed E-state index contributed by atoms with van der Waals surface area (Å²) in [6, 6.07) is 0. The fourth-order valence-electron chi connectivity index (χ4n) is 1.85. The van der Waals surface area contributed by atoms with Crippen molar-refractivity contribution in [3.63, 3.8) is 0 Å². The van der Waals surface area contributed by atoms with Crippen LogP contribution in [0.25, 0.3) is 0 Å². The molecule has 4 nitrogen and oxygen atoms in total. The summed E-state index contributed by atoms with van der Waals surface area (Å²) >= 11 is 0. The van der Waals surface area contributed by atoms with Gasteiger partial charge in [0.25, 0.3) is 0 Å². The zero-order chi connectivity index (χ0) is 16.1. The molecule has 2 atom stereocenters. The lowest BCUT2D eigenvalue weighted by molar-refractivity contribution is -0.147. The Kier molecular flexibility index (Phi) is 11.4. The molecule has 0 spiro atoms. The Hall–Kier alpha value is -1.50. The Balaban J connectivity index is 3.75. The number of ether oxygens (including phenoxy) is 2. The summed E-state index contributed by atoms with van der Waals surface area (Å²) in [4.78, 5) is 22.9. The van der Waals surface area contributed by atoms with E-state index in [1.165, 1.54) is 0 Å². The van der Waals surface area contributed by atoms with Gasteiger partial charge in [-0.1, -0.05) is 39.0 Å². The van der Waals surface area contributed by atoms with Crippen LogP contribution in [-0.2, 0) is 19.1 Å². The van der Waals surface area contributed by atoms with E-state index in [0.717, 1.165) is 25.7 Å². The lowest BCUT2D eigenvalue weighted by Gasteiger charge is -2.14. The number of terminal acetylenes is 1. The first-order valence-corrected chi connectivity index (χ1v) is 7.84. The topological polar surface area (TPSA) is 52.6 Å². The highest BCUT2D eigenvalue weighted by molar-refractivity contribution is 5.72. The minimum atomic E-state index is -0.520. The molecule has 0 aromatic heterocycles. The lowest BCUT2D eigenvalue weighted by Crippen LogP contribution is -2.15. The Morgan fingerprint density at radius 1 is 1.14 bits per heavy atom. The normalized spacial score (nSPS) is 13.0. The first-order chi connectivity index (χ1) is 10.0. The highest BCUT2D eigenvalue weighted by Gasteiger charge is 2.12. The van der Waals surface area contributed by atoms with Gasteiger partial charge in [0.1, 0.15) is 0 Å². The number of carbonyl (C=O) groups excluding carboxylic acids is 2. The quantitative estimate of drug-likeness (QED) is 0.432. The van der Waals surface area contributed by atoms with Crippen molar-refractivity contribution in [2.24, 2.45) is 5.92 Å². The van der Waals surface area contributed by atoms with E-state index in [4.69, 9.17) is 15.9 Å². The van der Waals surface area contributed by atoms with Crippen LogP contribution >= 0.6 is 0 Å². The van der Waals surface area contributed by atoms with Crippen LogP contribution in [0.15, 0.2) is 0 Å². The maximum absolute atomic E-state index is 11.6. The fraction of sp³-hybridized carbons (Fsp3) is 0.765. The second-order valence-electron chi connectivity index (χ2n) is 5.25. The van der Waals surface area contributed by atoms with E-state index in [-0.39, 0.29) is 24.8 Å². The zero-order valence-corrected chi connectivity index (χ0v) is 13.5. The third-order valence-electron chi connectivity index (χ3n) is 3.33. The summed E-state index contributed by atoms with van der Waals surface area (Å²) in [6.45, 7) is 6.37. The van der Waals surface area contributed by atoms with Crippen molar-refractivity contribution in [1.82, 2.24) is 0 Å². The Morgan fingerprint density at radius 2 is 1.81 bits per heavy atom. The predicted molar refractivity (Wildman–Crippen MR) is 82.5 cm³/mol. The second kappa shape index (κ2) is 12.3. The van der Waals surface area contributed by atoms with Gasteiger partial charge in [0.2, 0.25) is 0 Å². The number of hydrogen-bond donors (Lipinski definition) is 0. The maximum Gasteiger partial charge on any atom is 0.307 e. The van der Waals surface area contributed by atoms with E-state index in [9.17, 15) is 9.59 Å². The van der Waals surface area contributed by atoms with E-state index in [1.54, 1.807) is 6.92 Å².